The molecule has 1 radical (unpaired) electrons. The normalized spacial score (nSPS) is 11.8. The molecule has 0 amide bonds. The Morgan fingerprint density at radius 3 is 1.55 bits per heavy atom. The highest BCUT2D eigenvalue weighted by molar-refractivity contribution is 8.00. The Labute approximate surface area is 137 Å². The SMILES string of the molecule is CSC(CO)(CO)[C](Cc1ccccc1)Cc1ccccc1. The van der Waals surface area contributed by atoms with Crippen molar-refractivity contribution in [3.8, 4) is 0 Å². The fourth-order valence-electron chi connectivity index (χ4n) is 2.62. The van der Waals surface area contributed by atoms with Crippen molar-refractivity contribution in [3.05, 3.63) is 77.7 Å². The van der Waals surface area contributed by atoms with E-state index in [-0.39, 0.29) is 13.2 Å². The maximum absolute atomic E-state index is 9.90. The van der Waals surface area contributed by atoms with Gasteiger partial charge in [-0.1, -0.05) is 60.7 Å². The van der Waals surface area contributed by atoms with Gasteiger partial charge in [-0.25, -0.2) is 0 Å². The molecule has 2 N–H and O–H groups in total. The third-order valence-corrected chi connectivity index (χ3v) is 5.39. The molecule has 2 aromatic carbocycles. The largest absolute Gasteiger partial charge is 0.395 e. The first-order valence-electron chi connectivity index (χ1n) is 7.44. The average molecular weight is 315 g/mol. The monoisotopic (exact) mass is 315 g/mol. The molecule has 0 heterocycles. The standard InChI is InChI=1S/C19H23O2S/c1-22-19(14-20,15-21)18(12-16-8-4-2-5-9-16)13-17-10-6-3-7-11-17/h2-11,20-21H,12-15H2,1H3. The lowest BCUT2D eigenvalue weighted by Crippen LogP contribution is -2.42. The van der Waals surface area contributed by atoms with E-state index in [2.05, 4.69) is 24.3 Å². The summed E-state index contributed by atoms with van der Waals surface area (Å²) in [6.45, 7) is -0.112. The first-order chi connectivity index (χ1) is 10.7. The van der Waals surface area contributed by atoms with Crippen LogP contribution in [0, 0.1) is 5.92 Å². The fraction of sp³-hybridized carbons (Fsp3) is 0.316. The van der Waals surface area contributed by atoms with Gasteiger partial charge in [0.1, 0.15) is 0 Å². The molecule has 0 aliphatic carbocycles. The van der Waals surface area contributed by atoms with Gasteiger partial charge < -0.3 is 10.2 Å². The predicted octanol–water partition coefficient (Wildman–Crippen LogP) is 3.13. The van der Waals surface area contributed by atoms with Crippen molar-refractivity contribution in [2.45, 2.75) is 17.6 Å². The van der Waals surface area contributed by atoms with Crippen LogP contribution in [0.2, 0.25) is 0 Å². The zero-order chi connectivity index (χ0) is 15.8. The van der Waals surface area contributed by atoms with Gasteiger partial charge in [0, 0.05) is 5.92 Å². The first-order valence-corrected chi connectivity index (χ1v) is 8.66. The van der Waals surface area contributed by atoms with E-state index in [4.69, 9.17) is 0 Å². The summed E-state index contributed by atoms with van der Waals surface area (Å²) in [6, 6.07) is 20.4. The third-order valence-electron chi connectivity index (χ3n) is 4.07. The molecule has 0 unspecified atom stereocenters. The highest BCUT2D eigenvalue weighted by Crippen LogP contribution is 2.37. The molecule has 3 heteroatoms. The smallest absolute Gasteiger partial charge is 0.0686 e. The Morgan fingerprint density at radius 2 is 1.23 bits per heavy atom. The number of thioether (sulfide) groups is 1. The topological polar surface area (TPSA) is 40.5 Å². The molecular formula is C19H23O2S. The number of hydrogen-bond donors (Lipinski definition) is 2. The molecule has 0 aliphatic rings. The Kier molecular flexibility index (Phi) is 6.49. The van der Waals surface area contributed by atoms with Crippen LogP contribution in [0.15, 0.2) is 60.7 Å². The Hall–Kier alpha value is -1.29. The van der Waals surface area contributed by atoms with Gasteiger partial charge in [0.25, 0.3) is 0 Å². The van der Waals surface area contributed by atoms with Gasteiger partial charge in [-0.3, -0.25) is 0 Å². The highest BCUT2D eigenvalue weighted by Gasteiger charge is 2.37. The van der Waals surface area contributed by atoms with Crippen molar-refractivity contribution in [3.63, 3.8) is 0 Å². The molecule has 0 bridgehead atoms. The average Bonchev–Trinajstić information content (AvgIpc) is 2.59. The van der Waals surface area contributed by atoms with Crippen LogP contribution in [0.5, 0.6) is 0 Å². The van der Waals surface area contributed by atoms with Gasteiger partial charge in [0.15, 0.2) is 0 Å². The van der Waals surface area contributed by atoms with E-state index in [1.54, 1.807) is 0 Å². The summed E-state index contributed by atoms with van der Waals surface area (Å²) >= 11 is 1.53. The van der Waals surface area contributed by atoms with E-state index in [0.717, 1.165) is 18.8 Å². The maximum Gasteiger partial charge on any atom is 0.0686 e. The van der Waals surface area contributed by atoms with Crippen LogP contribution in [0.3, 0.4) is 0 Å². The highest BCUT2D eigenvalue weighted by atomic mass is 32.2. The molecule has 0 fully saturated rings. The Balaban J connectivity index is 2.27. The molecule has 0 spiro atoms. The quantitative estimate of drug-likeness (QED) is 0.786. The summed E-state index contributed by atoms with van der Waals surface area (Å²) in [4.78, 5) is 0. The zero-order valence-corrected chi connectivity index (χ0v) is 13.7. The first kappa shape index (κ1) is 17.1. The number of aliphatic hydroxyl groups is 2. The minimum atomic E-state index is -0.605. The third kappa shape index (κ3) is 4.13. The van der Waals surface area contributed by atoms with Crippen LogP contribution in [-0.2, 0) is 12.8 Å². The zero-order valence-electron chi connectivity index (χ0n) is 12.9. The predicted molar refractivity (Wildman–Crippen MR) is 94.0 cm³/mol. The summed E-state index contributed by atoms with van der Waals surface area (Å²) in [5, 5.41) is 19.8. The van der Waals surface area contributed by atoms with E-state index in [1.165, 1.54) is 22.9 Å². The van der Waals surface area contributed by atoms with E-state index in [9.17, 15) is 10.2 Å². The molecule has 0 saturated carbocycles. The van der Waals surface area contributed by atoms with Crippen molar-refractivity contribution in [1.29, 1.82) is 0 Å². The second kappa shape index (κ2) is 8.37. The van der Waals surface area contributed by atoms with Crippen LogP contribution in [-0.4, -0.2) is 34.4 Å². The summed E-state index contributed by atoms with van der Waals surface area (Å²) in [7, 11) is 0. The van der Waals surface area contributed by atoms with Crippen molar-refractivity contribution in [2.24, 2.45) is 0 Å². The van der Waals surface area contributed by atoms with Crippen molar-refractivity contribution >= 4 is 11.8 Å². The Bertz CT molecular complexity index is 488. The lowest BCUT2D eigenvalue weighted by Gasteiger charge is -2.36. The molecule has 2 rings (SSSR count). The van der Waals surface area contributed by atoms with Crippen molar-refractivity contribution < 1.29 is 10.2 Å². The summed E-state index contributed by atoms with van der Waals surface area (Å²) in [5.41, 5.74) is 2.41. The second-order valence-corrected chi connectivity index (χ2v) is 6.63. The number of rotatable bonds is 8. The molecule has 0 saturated heterocycles. The molecule has 2 nitrogen and oxygen atoms in total. The lowest BCUT2D eigenvalue weighted by atomic mass is 9.82. The van der Waals surface area contributed by atoms with Crippen molar-refractivity contribution in [1.82, 2.24) is 0 Å². The molecule has 2 aromatic rings. The lowest BCUT2D eigenvalue weighted by molar-refractivity contribution is 0.176. The number of hydrogen-bond acceptors (Lipinski definition) is 3. The minimum Gasteiger partial charge on any atom is -0.395 e. The minimum absolute atomic E-state index is 0.0559. The van der Waals surface area contributed by atoms with E-state index >= 15 is 0 Å². The van der Waals surface area contributed by atoms with E-state index in [1.807, 2.05) is 42.7 Å². The van der Waals surface area contributed by atoms with Crippen LogP contribution < -0.4 is 0 Å². The van der Waals surface area contributed by atoms with Crippen LogP contribution in [0.1, 0.15) is 11.1 Å². The van der Waals surface area contributed by atoms with Gasteiger partial charge >= 0.3 is 0 Å². The molecule has 22 heavy (non-hydrogen) atoms. The maximum atomic E-state index is 9.90. The summed E-state index contributed by atoms with van der Waals surface area (Å²) in [5.74, 6) is 1.16. The van der Waals surface area contributed by atoms with Gasteiger partial charge in [-0.05, 0) is 30.2 Å². The van der Waals surface area contributed by atoms with Crippen LogP contribution in [0.25, 0.3) is 0 Å². The second-order valence-electron chi connectivity index (χ2n) is 5.44. The van der Waals surface area contributed by atoms with Crippen LogP contribution >= 0.6 is 11.8 Å². The van der Waals surface area contributed by atoms with Gasteiger partial charge in [0.2, 0.25) is 0 Å². The van der Waals surface area contributed by atoms with Gasteiger partial charge in [0.05, 0.1) is 18.0 Å². The van der Waals surface area contributed by atoms with Crippen molar-refractivity contribution in [2.75, 3.05) is 19.5 Å². The molecular weight excluding hydrogens is 292 g/mol. The van der Waals surface area contributed by atoms with E-state index < -0.39 is 4.75 Å². The Morgan fingerprint density at radius 1 is 0.818 bits per heavy atom. The van der Waals surface area contributed by atoms with Gasteiger partial charge in [-0.15, -0.1) is 0 Å². The number of aliphatic hydroxyl groups excluding tert-OH is 2. The van der Waals surface area contributed by atoms with Gasteiger partial charge in [-0.2, -0.15) is 11.8 Å². The molecule has 0 aliphatic heterocycles. The molecule has 0 aromatic heterocycles. The fourth-order valence-corrected chi connectivity index (χ4v) is 3.31. The molecule has 0 atom stereocenters. The van der Waals surface area contributed by atoms with Crippen LogP contribution in [0.4, 0.5) is 0 Å². The summed E-state index contributed by atoms with van der Waals surface area (Å²) in [6.07, 6.45) is 3.47. The molecule has 117 valence electrons. The number of benzene rings is 2. The summed E-state index contributed by atoms with van der Waals surface area (Å²) < 4.78 is -0.605. The van der Waals surface area contributed by atoms with E-state index in [0.29, 0.717) is 0 Å².